The van der Waals surface area contributed by atoms with E-state index in [2.05, 4.69) is 10.3 Å². The van der Waals surface area contributed by atoms with Crippen LogP contribution in [0.25, 0.3) is 0 Å². The van der Waals surface area contributed by atoms with Gasteiger partial charge in [0.1, 0.15) is 0 Å². The number of benzene rings is 1. The molecule has 1 aromatic rings. The number of methoxy groups -OCH3 is 2. The number of amides is 1. The Labute approximate surface area is 126 Å². The molecule has 0 saturated carbocycles. The predicted molar refractivity (Wildman–Crippen MR) is 81.5 cm³/mol. The SMILES string of the molecule is COCCN(CCOC)Cc1ccc(CC(=O)NN)cc1. The molecule has 0 radical (unpaired) electrons. The molecule has 0 unspecified atom stereocenters. The molecule has 0 bridgehead atoms. The van der Waals surface area contributed by atoms with Crippen LogP contribution in [-0.2, 0) is 27.2 Å². The van der Waals surface area contributed by atoms with Gasteiger partial charge in [0, 0.05) is 33.9 Å². The number of hydrazine groups is 1. The highest BCUT2D eigenvalue weighted by molar-refractivity contribution is 5.77. The molecule has 0 aromatic heterocycles. The summed E-state index contributed by atoms with van der Waals surface area (Å²) in [5, 5.41) is 0. The third-order valence-corrected chi connectivity index (χ3v) is 3.18. The smallest absolute Gasteiger partial charge is 0.238 e. The van der Waals surface area contributed by atoms with Gasteiger partial charge in [-0.05, 0) is 11.1 Å². The largest absolute Gasteiger partial charge is 0.383 e. The Balaban J connectivity index is 2.55. The van der Waals surface area contributed by atoms with Crippen molar-refractivity contribution in [2.45, 2.75) is 13.0 Å². The molecule has 118 valence electrons. The monoisotopic (exact) mass is 295 g/mol. The van der Waals surface area contributed by atoms with Crippen LogP contribution in [0.5, 0.6) is 0 Å². The number of hydrogen-bond donors (Lipinski definition) is 2. The van der Waals surface area contributed by atoms with Gasteiger partial charge in [-0.1, -0.05) is 24.3 Å². The standard InChI is InChI=1S/C15H25N3O3/c1-20-9-7-18(8-10-21-2)12-14-5-3-13(4-6-14)11-15(19)17-16/h3-6H,7-12,16H2,1-2H3,(H,17,19). The van der Waals surface area contributed by atoms with Crippen LogP contribution in [0.4, 0.5) is 0 Å². The summed E-state index contributed by atoms with van der Waals surface area (Å²) in [6.07, 6.45) is 0.299. The van der Waals surface area contributed by atoms with E-state index in [1.54, 1.807) is 14.2 Å². The average molecular weight is 295 g/mol. The molecular formula is C15H25N3O3. The minimum absolute atomic E-state index is 0.190. The quantitative estimate of drug-likeness (QED) is 0.369. The number of nitrogens with one attached hydrogen (secondary N) is 1. The fourth-order valence-electron chi connectivity index (χ4n) is 1.97. The summed E-state index contributed by atoms with van der Waals surface area (Å²) < 4.78 is 10.3. The first kappa shape index (κ1) is 17.6. The van der Waals surface area contributed by atoms with Crippen molar-refractivity contribution in [3.63, 3.8) is 0 Å². The zero-order valence-electron chi connectivity index (χ0n) is 12.8. The molecule has 0 heterocycles. The van der Waals surface area contributed by atoms with Gasteiger partial charge in [0.05, 0.1) is 19.6 Å². The average Bonchev–Trinajstić information content (AvgIpc) is 2.51. The number of nitrogens with zero attached hydrogens (tertiary/aromatic N) is 1. The summed E-state index contributed by atoms with van der Waals surface area (Å²) in [5.41, 5.74) is 4.27. The van der Waals surface area contributed by atoms with Crippen LogP contribution < -0.4 is 11.3 Å². The Morgan fingerprint density at radius 1 is 1.10 bits per heavy atom. The van der Waals surface area contributed by atoms with Crippen LogP contribution in [0.1, 0.15) is 11.1 Å². The second-order valence-corrected chi connectivity index (χ2v) is 4.82. The highest BCUT2D eigenvalue weighted by Gasteiger charge is 2.06. The Morgan fingerprint density at radius 2 is 1.62 bits per heavy atom. The zero-order valence-corrected chi connectivity index (χ0v) is 12.8. The van der Waals surface area contributed by atoms with Crippen molar-refractivity contribution in [3.05, 3.63) is 35.4 Å². The van der Waals surface area contributed by atoms with Crippen molar-refractivity contribution in [1.82, 2.24) is 10.3 Å². The molecule has 6 heteroatoms. The molecule has 0 atom stereocenters. The topological polar surface area (TPSA) is 76.8 Å². The normalized spacial score (nSPS) is 10.9. The number of carbonyl (C=O) groups is 1. The predicted octanol–water partition coefficient (Wildman–Crippen LogP) is 0.314. The van der Waals surface area contributed by atoms with Gasteiger partial charge in [0.25, 0.3) is 0 Å². The zero-order chi connectivity index (χ0) is 15.5. The maximum atomic E-state index is 11.2. The van der Waals surface area contributed by atoms with Gasteiger partial charge >= 0.3 is 0 Å². The van der Waals surface area contributed by atoms with E-state index in [9.17, 15) is 4.79 Å². The number of hydrogen-bond acceptors (Lipinski definition) is 5. The van der Waals surface area contributed by atoms with E-state index in [0.717, 1.165) is 25.2 Å². The van der Waals surface area contributed by atoms with Crippen molar-refractivity contribution in [1.29, 1.82) is 0 Å². The molecule has 21 heavy (non-hydrogen) atoms. The summed E-state index contributed by atoms with van der Waals surface area (Å²) in [6, 6.07) is 7.97. The Bertz CT molecular complexity index is 401. The van der Waals surface area contributed by atoms with Crippen molar-refractivity contribution in [2.24, 2.45) is 5.84 Å². The number of ether oxygens (including phenoxy) is 2. The van der Waals surface area contributed by atoms with Gasteiger partial charge in [-0.3, -0.25) is 15.1 Å². The summed E-state index contributed by atoms with van der Waals surface area (Å²) >= 11 is 0. The van der Waals surface area contributed by atoms with Crippen LogP contribution >= 0.6 is 0 Å². The minimum atomic E-state index is -0.190. The molecule has 0 aliphatic heterocycles. The maximum Gasteiger partial charge on any atom is 0.238 e. The van der Waals surface area contributed by atoms with Crippen molar-refractivity contribution in [2.75, 3.05) is 40.5 Å². The first-order valence-corrected chi connectivity index (χ1v) is 6.97. The van der Waals surface area contributed by atoms with Crippen molar-refractivity contribution < 1.29 is 14.3 Å². The summed E-state index contributed by atoms with van der Waals surface area (Å²) in [7, 11) is 3.40. The summed E-state index contributed by atoms with van der Waals surface area (Å²) in [5.74, 6) is 4.89. The Hall–Kier alpha value is -1.47. The molecule has 0 saturated heterocycles. The third kappa shape index (κ3) is 7.19. The lowest BCUT2D eigenvalue weighted by Crippen LogP contribution is -2.31. The van der Waals surface area contributed by atoms with Crippen LogP contribution in [-0.4, -0.2) is 51.3 Å². The lowest BCUT2D eigenvalue weighted by molar-refractivity contribution is -0.120. The highest BCUT2D eigenvalue weighted by Crippen LogP contribution is 2.08. The summed E-state index contributed by atoms with van der Waals surface area (Å²) in [6.45, 7) is 3.93. The molecular weight excluding hydrogens is 270 g/mol. The maximum absolute atomic E-state index is 11.2. The van der Waals surface area contributed by atoms with Crippen LogP contribution in [0.3, 0.4) is 0 Å². The second kappa shape index (κ2) is 10.3. The summed E-state index contributed by atoms with van der Waals surface area (Å²) in [4.78, 5) is 13.5. The first-order valence-electron chi connectivity index (χ1n) is 6.97. The molecule has 0 aliphatic carbocycles. The van der Waals surface area contributed by atoms with Crippen LogP contribution in [0, 0.1) is 0 Å². The fraction of sp³-hybridized carbons (Fsp3) is 0.533. The van der Waals surface area contributed by atoms with E-state index in [1.165, 1.54) is 5.56 Å². The van der Waals surface area contributed by atoms with E-state index >= 15 is 0 Å². The lowest BCUT2D eigenvalue weighted by atomic mass is 10.1. The van der Waals surface area contributed by atoms with E-state index in [1.807, 2.05) is 24.3 Å². The molecule has 3 N–H and O–H groups in total. The molecule has 0 spiro atoms. The van der Waals surface area contributed by atoms with Gasteiger partial charge in [-0.2, -0.15) is 0 Å². The highest BCUT2D eigenvalue weighted by atomic mass is 16.5. The first-order chi connectivity index (χ1) is 10.2. The van der Waals surface area contributed by atoms with Gasteiger partial charge in [0.15, 0.2) is 0 Å². The Morgan fingerprint density at radius 3 is 2.10 bits per heavy atom. The Kier molecular flexibility index (Phi) is 8.61. The fourth-order valence-corrected chi connectivity index (χ4v) is 1.97. The minimum Gasteiger partial charge on any atom is -0.383 e. The molecule has 1 rings (SSSR count). The van der Waals surface area contributed by atoms with Crippen molar-refractivity contribution in [3.8, 4) is 0 Å². The molecule has 1 amide bonds. The lowest BCUT2D eigenvalue weighted by Gasteiger charge is -2.21. The van der Waals surface area contributed by atoms with Gasteiger partial charge in [-0.25, -0.2) is 5.84 Å². The number of carbonyl (C=O) groups excluding carboxylic acids is 1. The molecule has 0 aliphatic rings. The molecule has 1 aromatic carbocycles. The van der Waals surface area contributed by atoms with Crippen LogP contribution in [0.15, 0.2) is 24.3 Å². The van der Waals surface area contributed by atoms with Crippen molar-refractivity contribution >= 4 is 5.91 Å². The van der Waals surface area contributed by atoms with E-state index in [0.29, 0.717) is 19.6 Å². The van der Waals surface area contributed by atoms with Gasteiger partial charge in [-0.15, -0.1) is 0 Å². The van der Waals surface area contributed by atoms with Gasteiger partial charge < -0.3 is 9.47 Å². The molecule has 0 fully saturated rings. The van der Waals surface area contributed by atoms with Gasteiger partial charge in [0.2, 0.25) is 5.91 Å². The third-order valence-electron chi connectivity index (χ3n) is 3.18. The van der Waals surface area contributed by atoms with E-state index < -0.39 is 0 Å². The second-order valence-electron chi connectivity index (χ2n) is 4.82. The van der Waals surface area contributed by atoms with E-state index in [-0.39, 0.29) is 5.91 Å². The van der Waals surface area contributed by atoms with E-state index in [4.69, 9.17) is 15.3 Å². The number of rotatable bonds is 10. The number of nitrogens with two attached hydrogens (primary N) is 1. The molecule has 6 nitrogen and oxygen atoms in total. The van der Waals surface area contributed by atoms with Crippen LogP contribution in [0.2, 0.25) is 0 Å².